The molecule has 1 aliphatic carbocycles. The van der Waals surface area contributed by atoms with E-state index in [0.29, 0.717) is 0 Å². The van der Waals surface area contributed by atoms with E-state index in [9.17, 15) is 0 Å². The summed E-state index contributed by atoms with van der Waals surface area (Å²) >= 11 is 2.10. The molecule has 1 atom stereocenters. The summed E-state index contributed by atoms with van der Waals surface area (Å²) in [5, 5.41) is 4.38. The Labute approximate surface area is 121 Å². The van der Waals surface area contributed by atoms with Gasteiger partial charge in [-0.1, -0.05) is 31.2 Å². The maximum Gasteiger partial charge on any atom is 0.0234 e. The molecule has 1 saturated carbocycles. The Morgan fingerprint density at radius 1 is 1.32 bits per heavy atom. The summed E-state index contributed by atoms with van der Waals surface area (Å²) < 4.78 is 0. The van der Waals surface area contributed by atoms with E-state index in [2.05, 4.69) is 53.2 Å². The van der Waals surface area contributed by atoms with Crippen molar-refractivity contribution in [2.24, 2.45) is 0 Å². The molecule has 0 amide bonds. The van der Waals surface area contributed by atoms with Crippen molar-refractivity contribution in [3.05, 3.63) is 35.4 Å². The summed E-state index contributed by atoms with van der Waals surface area (Å²) in [4.78, 5) is 2.59. The average Bonchev–Trinajstić information content (AvgIpc) is 3.21. The number of hydrogen-bond donors (Lipinski definition) is 1. The highest BCUT2D eigenvalue weighted by atomic mass is 32.2. The van der Waals surface area contributed by atoms with Gasteiger partial charge in [0.25, 0.3) is 0 Å². The molecule has 19 heavy (non-hydrogen) atoms. The van der Waals surface area contributed by atoms with Crippen molar-refractivity contribution in [3.8, 4) is 0 Å². The minimum atomic E-state index is 0.786. The van der Waals surface area contributed by atoms with Crippen molar-refractivity contribution in [1.29, 1.82) is 0 Å². The molecular weight excluding hydrogens is 252 g/mol. The van der Waals surface area contributed by atoms with Crippen LogP contribution in [0.15, 0.2) is 24.3 Å². The summed E-state index contributed by atoms with van der Waals surface area (Å²) in [5.41, 5.74) is 2.90. The highest BCUT2D eigenvalue weighted by molar-refractivity contribution is 7.99. The Bertz CT molecular complexity index is 417. The monoisotopic (exact) mass is 276 g/mol. The lowest BCUT2D eigenvalue weighted by Crippen LogP contribution is -2.36. The third-order valence-corrected chi connectivity index (χ3v) is 5.03. The lowest BCUT2D eigenvalue weighted by molar-refractivity contribution is 0.278. The van der Waals surface area contributed by atoms with Crippen LogP contribution in [0.4, 0.5) is 0 Å². The molecule has 1 N–H and O–H groups in total. The maximum absolute atomic E-state index is 3.59. The van der Waals surface area contributed by atoms with Gasteiger partial charge >= 0.3 is 0 Å². The minimum absolute atomic E-state index is 0.786. The van der Waals surface area contributed by atoms with E-state index in [1.165, 1.54) is 42.8 Å². The average molecular weight is 276 g/mol. The van der Waals surface area contributed by atoms with E-state index >= 15 is 0 Å². The molecule has 2 nitrogen and oxygen atoms in total. The van der Waals surface area contributed by atoms with Gasteiger partial charge in [0.15, 0.2) is 0 Å². The maximum atomic E-state index is 3.59. The van der Waals surface area contributed by atoms with Gasteiger partial charge in [0.1, 0.15) is 0 Å². The van der Waals surface area contributed by atoms with Crippen LogP contribution in [0.5, 0.6) is 0 Å². The summed E-state index contributed by atoms with van der Waals surface area (Å²) in [6.07, 6.45) is 2.73. The predicted molar refractivity (Wildman–Crippen MR) is 83.5 cm³/mol. The topological polar surface area (TPSA) is 15.3 Å². The Morgan fingerprint density at radius 3 is 2.95 bits per heavy atom. The van der Waals surface area contributed by atoms with E-state index in [0.717, 1.165) is 24.4 Å². The lowest BCUT2D eigenvalue weighted by atomic mass is 10.1. The SMILES string of the molecule is CC1CN(Cc2cccc(CNC3CC3)c2)CCS1. The van der Waals surface area contributed by atoms with Crippen LogP contribution in [-0.2, 0) is 13.1 Å². The van der Waals surface area contributed by atoms with Crippen LogP contribution in [0.25, 0.3) is 0 Å². The second kappa shape index (κ2) is 6.29. The van der Waals surface area contributed by atoms with Gasteiger partial charge in [-0.15, -0.1) is 0 Å². The van der Waals surface area contributed by atoms with Crippen LogP contribution in [0.1, 0.15) is 30.9 Å². The standard InChI is InChI=1S/C16H24N2S/c1-13-11-18(7-8-19-13)12-15-4-2-3-14(9-15)10-17-16-5-6-16/h2-4,9,13,16-17H,5-8,10-12H2,1H3. The second-order valence-corrected chi connectivity index (χ2v) is 7.44. The molecule has 0 bridgehead atoms. The first-order valence-electron chi connectivity index (χ1n) is 7.45. The summed E-state index contributed by atoms with van der Waals surface area (Å²) in [7, 11) is 0. The van der Waals surface area contributed by atoms with Gasteiger partial charge in [-0.25, -0.2) is 0 Å². The molecule has 2 aliphatic rings. The molecule has 0 spiro atoms. The van der Waals surface area contributed by atoms with Gasteiger partial charge < -0.3 is 5.32 Å². The van der Waals surface area contributed by atoms with Gasteiger partial charge in [-0.05, 0) is 24.0 Å². The number of thioether (sulfide) groups is 1. The van der Waals surface area contributed by atoms with Gasteiger partial charge in [0, 0.05) is 43.2 Å². The van der Waals surface area contributed by atoms with E-state index in [-0.39, 0.29) is 0 Å². The van der Waals surface area contributed by atoms with E-state index < -0.39 is 0 Å². The molecule has 1 aromatic rings. The fourth-order valence-corrected chi connectivity index (χ4v) is 3.76. The van der Waals surface area contributed by atoms with Crippen molar-refractivity contribution < 1.29 is 0 Å². The minimum Gasteiger partial charge on any atom is -0.310 e. The Morgan fingerprint density at radius 2 is 2.16 bits per heavy atom. The van der Waals surface area contributed by atoms with E-state index in [4.69, 9.17) is 0 Å². The number of hydrogen-bond acceptors (Lipinski definition) is 3. The Balaban J connectivity index is 1.55. The lowest BCUT2D eigenvalue weighted by Gasteiger charge is -2.30. The van der Waals surface area contributed by atoms with Crippen LogP contribution >= 0.6 is 11.8 Å². The molecule has 104 valence electrons. The van der Waals surface area contributed by atoms with Crippen molar-refractivity contribution in [1.82, 2.24) is 10.2 Å². The Kier molecular flexibility index (Phi) is 4.46. The predicted octanol–water partition coefficient (Wildman–Crippen LogP) is 2.88. The first-order chi connectivity index (χ1) is 9.29. The van der Waals surface area contributed by atoms with Gasteiger partial charge in [-0.3, -0.25) is 4.90 Å². The number of nitrogens with zero attached hydrogens (tertiary/aromatic N) is 1. The van der Waals surface area contributed by atoms with Gasteiger partial charge in [-0.2, -0.15) is 11.8 Å². The molecule has 1 aliphatic heterocycles. The summed E-state index contributed by atoms with van der Waals surface area (Å²) in [6.45, 7) is 6.95. The van der Waals surface area contributed by atoms with Crippen LogP contribution in [0.3, 0.4) is 0 Å². The highest BCUT2D eigenvalue weighted by Crippen LogP contribution is 2.21. The van der Waals surface area contributed by atoms with Crippen LogP contribution < -0.4 is 5.32 Å². The van der Waals surface area contributed by atoms with Crippen LogP contribution in [0.2, 0.25) is 0 Å². The van der Waals surface area contributed by atoms with E-state index in [1.54, 1.807) is 0 Å². The number of benzene rings is 1. The molecule has 3 heteroatoms. The third-order valence-electron chi connectivity index (χ3n) is 3.89. The number of nitrogens with one attached hydrogen (secondary N) is 1. The van der Waals surface area contributed by atoms with Crippen LogP contribution in [-0.4, -0.2) is 35.0 Å². The molecular formula is C16H24N2S. The van der Waals surface area contributed by atoms with Gasteiger partial charge in [0.05, 0.1) is 0 Å². The molecule has 2 fully saturated rings. The zero-order valence-electron chi connectivity index (χ0n) is 11.8. The van der Waals surface area contributed by atoms with Crippen molar-refractivity contribution >= 4 is 11.8 Å². The summed E-state index contributed by atoms with van der Waals surface area (Å²) in [5.74, 6) is 1.28. The van der Waals surface area contributed by atoms with E-state index in [1.807, 2.05) is 0 Å². The smallest absolute Gasteiger partial charge is 0.0234 e. The highest BCUT2D eigenvalue weighted by Gasteiger charge is 2.20. The Hall–Kier alpha value is -0.510. The first-order valence-corrected chi connectivity index (χ1v) is 8.49. The number of rotatable bonds is 5. The second-order valence-electron chi connectivity index (χ2n) is 5.89. The zero-order valence-corrected chi connectivity index (χ0v) is 12.6. The molecule has 1 aromatic carbocycles. The quantitative estimate of drug-likeness (QED) is 0.890. The van der Waals surface area contributed by atoms with Gasteiger partial charge in [0.2, 0.25) is 0 Å². The fraction of sp³-hybridized carbons (Fsp3) is 0.625. The molecule has 0 radical (unpaired) electrons. The van der Waals surface area contributed by atoms with Crippen molar-refractivity contribution in [2.75, 3.05) is 18.8 Å². The molecule has 3 rings (SSSR count). The molecule has 1 heterocycles. The molecule has 1 unspecified atom stereocenters. The summed E-state index contributed by atoms with van der Waals surface area (Å²) in [6, 6.07) is 9.90. The largest absolute Gasteiger partial charge is 0.310 e. The first kappa shape index (κ1) is 13.5. The fourth-order valence-electron chi connectivity index (χ4n) is 2.68. The van der Waals surface area contributed by atoms with Crippen LogP contribution in [0, 0.1) is 0 Å². The normalized spacial score (nSPS) is 24.6. The third kappa shape index (κ3) is 4.23. The molecule has 1 saturated heterocycles. The molecule has 0 aromatic heterocycles. The zero-order chi connectivity index (χ0) is 13.1. The van der Waals surface area contributed by atoms with Crippen molar-refractivity contribution in [3.63, 3.8) is 0 Å². The van der Waals surface area contributed by atoms with Crippen molar-refractivity contribution in [2.45, 2.75) is 44.1 Å².